The highest BCUT2D eigenvalue weighted by atomic mass is 16.5. The Labute approximate surface area is 197 Å². The largest absolute Gasteiger partial charge is 0.472 e. The Balaban J connectivity index is 2.38. The lowest BCUT2D eigenvalue weighted by atomic mass is 10.00. The van der Waals surface area contributed by atoms with E-state index in [9.17, 15) is 14.7 Å². The number of aliphatic hydroxyl groups is 1. The fourth-order valence-electron chi connectivity index (χ4n) is 3.47. The van der Waals surface area contributed by atoms with E-state index in [1.165, 1.54) is 0 Å². The van der Waals surface area contributed by atoms with E-state index in [0.29, 0.717) is 36.7 Å². The van der Waals surface area contributed by atoms with Crippen molar-refractivity contribution in [3.05, 3.63) is 23.4 Å². The Kier molecular flexibility index (Phi) is 9.98. The molecule has 2 N–H and O–H groups in total. The molecule has 1 aliphatic heterocycles. The number of hydrogen-bond donors (Lipinski definition) is 2. The van der Waals surface area contributed by atoms with Gasteiger partial charge < -0.3 is 25.0 Å². The van der Waals surface area contributed by atoms with Crippen molar-refractivity contribution in [2.24, 2.45) is 11.8 Å². The minimum absolute atomic E-state index is 0.0927. The van der Waals surface area contributed by atoms with E-state index in [0.717, 1.165) is 12.8 Å². The second-order valence-corrected chi connectivity index (χ2v) is 9.21. The molecule has 33 heavy (non-hydrogen) atoms. The highest BCUT2D eigenvalue weighted by molar-refractivity contribution is 5.97. The average Bonchev–Trinajstić information content (AvgIpc) is 2.79. The normalized spacial score (nSPS) is 18.9. The van der Waals surface area contributed by atoms with Crippen molar-refractivity contribution in [2.45, 2.75) is 59.6 Å². The van der Waals surface area contributed by atoms with Crippen LogP contribution in [0.3, 0.4) is 0 Å². The molecule has 1 aromatic rings. The minimum Gasteiger partial charge on any atom is -0.472 e. The second-order valence-electron chi connectivity index (χ2n) is 9.21. The topological polar surface area (TPSA) is 95.0 Å². The van der Waals surface area contributed by atoms with E-state index in [2.05, 4.69) is 36.0 Å². The number of pyridine rings is 1. The number of carbonyl (C=O) groups excluding carboxylic acids is 2. The molecular weight excluding hydrogens is 420 g/mol. The molecule has 0 saturated heterocycles. The van der Waals surface area contributed by atoms with Crippen LogP contribution >= 0.6 is 0 Å². The first-order valence-corrected chi connectivity index (χ1v) is 11.7. The Morgan fingerprint density at radius 1 is 1.42 bits per heavy atom. The van der Waals surface area contributed by atoms with E-state index in [1.807, 2.05) is 20.8 Å². The molecule has 0 bridgehead atoms. The highest BCUT2D eigenvalue weighted by Crippen LogP contribution is 2.27. The van der Waals surface area contributed by atoms with Crippen molar-refractivity contribution in [3.8, 4) is 17.7 Å². The summed E-state index contributed by atoms with van der Waals surface area (Å²) in [6.07, 6.45) is 2.83. The van der Waals surface area contributed by atoms with Gasteiger partial charge in [0.25, 0.3) is 5.91 Å². The number of nitrogens with one attached hydrogen (secondary N) is 1. The van der Waals surface area contributed by atoms with E-state index >= 15 is 0 Å². The predicted molar refractivity (Wildman–Crippen MR) is 128 cm³/mol. The number of nitrogens with zero attached hydrogens (tertiary/aromatic N) is 3. The minimum atomic E-state index is -0.381. The molecule has 8 heteroatoms. The van der Waals surface area contributed by atoms with Crippen molar-refractivity contribution in [2.75, 3.05) is 33.3 Å². The average molecular weight is 459 g/mol. The van der Waals surface area contributed by atoms with Gasteiger partial charge in [0, 0.05) is 44.2 Å². The molecule has 0 saturated carbocycles. The third-order valence-corrected chi connectivity index (χ3v) is 5.59. The number of ether oxygens (including phenoxy) is 1. The van der Waals surface area contributed by atoms with Crippen LogP contribution in [0.15, 0.2) is 12.3 Å². The summed E-state index contributed by atoms with van der Waals surface area (Å²) < 4.78 is 6.21. The molecule has 182 valence electrons. The van der Waals surface area contributed by atoms with Crippen LogP contribution in [0.5, 0.6) is 5.88 Å². The van der Waals surface area contributed by atoms with Crippen LogP contribution in [0.4, 0.5) is 4.79 Å². The van der Waals surface area contributed by atoms with Crippen LogP contribution in [0.25, 0.3) is 0 Å². The van der Waals surface area contributed by atoms with Crippen LogP contribution in [-0.4, -0.2) is 77.3 Å². The molecule has 3 atom stereocenters. The zero-order chi connectivity index (χ0) is 24.5. The second kappa shape index (κ2) is 12.4. The molecule has 0 aromatic carbocycles. The summed E-state index contributed by atoms with van der Waals surface area (Å²) in [7, 11) is 1.72. The molecular formula is C25H38N4O4. The Morgan fingerprint density at radius 3 is 2.79 bits per heavy atom. The van der Waals surface area contributed by atoms with Gasteiger partial charge >= 0.3 is 6.03 Å². The van der Waals surface area contributed by atoms with Crippen molar-refractivity contribution in [3.63, 3.8) is 0 Å². The lowest BCUT2D eigenvalue weighted by Crippen LogP contribution is -2.51. The fraction of sp³-hybridized carbons (Fsp3) is 0.640. The molecule has 3 amide bonds. The summed E-state index contributed by atoms with van der Waals surface area (Å²) >= 11 is 0. The molecule has 2 heterocycles. The molecule has 0 radical (unpaired) electrons. The van der Waals surface area contributed by atoms with Gasteiger partial charge in [-0.05, 0) is 25.3 Å². The summed E-state index contributed by atoms with van der Waals surface area (Å²) in [6.45, 7) is 11.2. The zero-order valence-corrected chi connectivity index (χ0v) is 20.7. The number of urea groups is 1. The first-order chi connectivity index (χ1) is 15.7. The number of aliphatic hydroxyl groups excluding tert-OH is 1. The van der Waals surface area contributed by atoms with Gasteiger partial charge in [0.1, 0.15) is 11.7 Å². The van der Waals surface area contributed by atoms with Crippen LogP contribution < -0.4 is 10.1 Å². The maximum atomic E-state index is 13.4. The van der Waals surface area contributed by atoms with Gasteiger partial charge in [0.15, 0.2) is 0 Å². The van der Waals surface area contributed by atoms with Crippen LogP contribution in [-0.2, 0) is 0 Å². The SMILES string of the molecule is CCCNC(=O)N(C)C[C@@H]1Oc2ncc(C#CCC(C)C)cc2C(=O)N([C@@H](C)CO)C[C@H]1C. The van der Waals surface area contributed by atoms with Crippen molar-refractivity contribution in [1.82, 2.24) is 20.1 Å². The van der Waals surface area contributed by atoms with Crippen molar-refractivity contribution in [1.29, 1.82) is 0 Å². The maximum absolute atomic E-state index is 13.4. The fourth-order valence-corrected chi connectivity index (χ4v) is 3.47. The maximum Gasteiger partial charge on any atom is 0.317 e. The lowest BCUT2D eigenvalue weighted by molar-refractivity contribution is 0.0352. The number of rotatable bonds is 7. The smallest absolute Gasteiger partial charge is 0.317 e. The Hall–Kier alpha value is -2.79. The third-order valence-electron chi connectivity index (χ3n) is 5.59. The van der Waals surface area contributed by atoms with Gasteiger partial charge in [-0.2, -0.15) is 0 Å². The van der Waals surface area contributed by atoms with Gasteiger partial charge in [-0.1, -0.05) is 39.5 Å². The summed E-state index contributed by atoms with van der Waals surface area (Å²) in [6, 6.07) is 1.17. The number of hydrogen-bond acceptors (Lipinski definition) is 5. The van der Waals surface area contributed by atoms with E-state index < -0.39 is 0 Å². The Bertz CT molecular complexity index is 877. The van der Waals surface area contributed by atoms with Crippen molar-refractivity contribution < 1.29 is 19.4 Å². The number of aromatic nitrogens is 1. The molecule has 0 fully saturated rings. The predicted octanol–water partition coefficient (Wildman–Crippen LogP) is 2.75. The quantitative estimate of drug-likeness (QED) is 0.613. The van der Waals surface area contributed by atoms with Crippen LogP contribution in [0, 0.1) is 23.7 Å². The molecule has 0 aliphatic carbocycles. The van der Waals surface area contributed by atoms with E-state index in [1.54, 1.807) is 29.1 Å². The molecule has 0 unspecified atom stereocenters. The van der Waals surface area contributed by atoms with E-state index in [-0.39, 0.29) is 42.5 Å². The number of likely N-dealkylation sites (N-methyl/N-ethyl adjacent to an activating group) is 1. The van der Waals surface area contributed by atoms with Gasteiger partial charge in [0.05, 0.1) is 19.2 Å². The third kappa shape index (κ3) is 7.36. The standard InChI is InChI=1S/C25H38N4O4/c1-7-11-26-25(32)28(6)15-22-18(4)14-29(19(5)16-30)24(31)21-12-20(10-8-9-17(2)3)13-27-23(21)33-22/h12-13,17-19,22,30H,7,9,11,14-16H2,1-6H3,(H,26,32)/t18-,19+,22+/m1/s1. The number of amides is 3. The summed E-state index contributed by atoms with van der Waals surface area (Å²) in [4.78, 5) is 33.4. The van der Waals surface area contributed by atoms with Gasteiger partial charge in [-0.15, -0.1) is 0 Å². The number of carbonyl (C=O) groups is 2. The summed E-state index contributed by atoms with van der Waals surface area (Å²) in [5.41, 5.74) is 0.964. The molecule has 2 rings (SSSR count). The van der Waals surface area contributed by atoms with Crippen LogP contribution in [0.2, 0.25) is 0 Å². The van der Waals surface area contributed by atoms with Crippen LogP contribution in [0.1, 0.15) is 63.4 Å². The molecule has 1 aromatic heterocycles. The first kappa shape index (κ1) is 26.5. The monoisotopic (exact) mass is 458 g/mol. The van der Waals surface area contributed by atoms with E-state index in [4.69, 9.17) is 4.74 Å². The molecule has 0 spiro atoms. The first-order valence-electron chi connectivity index (χ1n) is 11.7. The summed E-state index contributed by atoms with van der Waals surface area (Å²) in [5.74, 6) is 6.54. The molecule has 8 nitrogen and oxygen atoms in total. The highest BCUT2D eigenvalue weighted by Gasteiger charge is 2.34. The van der Waals surface area contributed by atoms with Gasteiger partial charge in [-0.3, -0.25) is 4.79 Å². The van der Waals surface area contributed by atoms with Gasteiger partial charge in [0.2, 0.25) is 5.88 Å². The van der Waals surface area contributed by atoms with Crippen molar-refractivity contribution >= 4 is 11.9 Å². The summed E-state index contributed by atoms with van der Waals surface area (Å²) in [5, 5.41) is 12.6. The molecule has 1 aliphatic rings. The zero-order valence-electron chi connectivity index (χ0n) is 20.7. The number of fused-ring (bicyclic) bond motifs is 1. The van der Waals surface area contributed by atoms with Gasteiger partial charge in [-0.25, -0.2) is 9.78 Å². The lowest BCUT2D eigenvalue weighted by Gasteiger charge is -2.37. The Morgan fingerprint density at radius 2 is 2.15 bits per heavy atom.